The van der Waals surface area contributed by atoms with Crippen LogP contribution in [-0.2, 0) is 4.79 Å². The molecule has 146 valence electrons. The lowest BCUT2D eigenvalue weighted by Gasteiger charge is -2.35. The molecule has 7 heteroatoms. The molecule has 2 aromatic rings. The predicted octanol–water partition coefficient (Wildman–Crippen LogP) is 2.19. The zero-order chi connectivity index (χ0) is 20.1. The van der Waals surface area contributed by atoms with Crippen LogP contribution in [0.15, 0.2) is 42.7 Å². The maximum absolute atomic E-state index is 12.4. The van der Waals surface area contributed by atoms with E-state index in [4.69, 9.17) is 4.74 Å². The van der Waals surface area contributed by atoms with E-state index < -0.39 is 0 Å². The second-order valence-electron chi connectivity index (χ2n) is 6.65. The van der Waals surface area contributed by atoms with Gasteiger partial charge in [-0.05, 0) is 44.2 Å². The Hall–Kier alpha value is -3.22. The molecule has 1 amide bonds. The Morgan fingerprint density at radius 3 is 2.32 bits per heavy atom. The SMILES string of the molecule is COc1ccc(C(=O)/C=C/C(=O)N2CCN(c3ncnc(C)c3C)CC2)cc1. The van der Waals surface area contributed by atoms with Gasteiger partial charge in [0.1, 0.15) is 17.9 Å². The minimum absolute atomic E-state index is 0.155. The number of amides is 1. The number of hydrogen-bond acceptors (Lipinski definition) is 6. The Bertz CT molecular complexity index is 885. The summed E-state index contributed by atoms with van der Waals surface area (Å²) in [5.74, 6) is 1.24. The summed E-state index contributed by atoms with van der Waals surface area (Å²) < 4.78 is 5.08. The molecule has 0 bridgehead atoms. The highest BCUT2D eigenvalue weighted by atomic mass is 16.5. The van der Waals surface area contributed by atoms with E-state index in [2.05, 4.69) is 14.9 Å². The largest absolute Gasteiger partial charge is 0.497 e. The van der Waals surface area contributed by atoms with Gasteiger partial charge >= 0.3 is 0 Å². The van der Waals surface area contributed by atoms with E-state index in [1.165, 1.54) is 12.2 Å². The monoisotopic (exact) mass is 380 g/mol. The van der Waals surface area contributed by atoms with Crippen molar-refractivity contribution in [3.63, 3.8) is 0 Å². The number of ether oxygens (including phenoxy) is 1. The van der Waals surface area contributed by atoms with Gasteiger partial charge in [0.15, 0.2) is 5.78 Å². The number of anilines is 1. The number of hydrogen-bond donors (Lipinski definition) is 0. The number of nitrogens with zero attached hydrogens (tertiary/aromatic N) is 4. The molecule has 3 rings (SSSR count). The third-order valence-electron chi connectivity index (χ3n) is 4.95. The van der Waals surface area contributed by atoms with Crippen molar-refractivity contribution >= 4 is 17.5 Å². The maximum atomic E-state index is 12.4. The Morgan fingerprint density at radius 2 is 1.68 bits per heavy atom. The Kier molecular flexibility index (Phi) is 6.03. The van der Waals surface area contributed by atoms with E-state index in [0.717, 1.165) is 17.1 Å². The number of aromatic nitrogens is 2. The summed E-state index contributed by atoms with van der Waals surface area (Å²) in [6.45, 7) is 6.54. The number of carbonyl (C=O) groups is 2. The molecular weight excluding hydrogens is 356 g/mol. The van der Waals surface area contributed by atoms with Gasteiger partial charge in [-0.3, -0.25) is 9.59 Å². The van der Waals surface area contributed by atoms with E-state index >= 15 is 0 Å². The van der Waals surface area contributed by atoms with Crippen molar-refractivity contribution in [2.24, 2.45) is 0 Å². The lowest BCUT2D eigenvalue weighted by Crippen LogP contribution is -2.48. The van der Waals surface area contributed by atoms with Crippen molar-refractivity contribution in [3.05, 3.63) is 59.6 Å². The number of rotatable bonds is 5. The van der Waals surface area contributed by atoms with Crippen molar-refractivity contribution in [2.45, 2.75) is 13.8 Å². The van der Waals surface area contributed by atoms with Gasteiger partial charge in [-0.1, -0.05) is 0 Å². The molecule has 0 aliphatic carbocycles. The van der Waals surface area contributed by atoms with Crippen LogP contribution < -0.4 is 9.64 Å². The number of carbonyl (C=O) groups excluding carboxylic acids is 2. The first-order valence-corrected chi connectivity index (χ1v) is 9.18. The summed E-state index contributed by atoms with van der Waals surface area (Å²) in [7, 11) is 1.57. The molecule has 28 heavy (non-hydrogen) atoms. The summed E-state index contributed by atoms with van der Waals surface area (Å²) in [6.07, 6.45) is 4.25. The summed E-state index contributed by atoms with van der Waals surface area (Å²) in [5, 5.41) is 0. The van der Waals surface area contributed by atoms with Gasteiger partial charge < -0.3 is 14.5 Å². The molecule has 0 atom stereocenters. The van der Waals surface area contributed by atoms with Gasteiger partial charge in [0.05, 0.1) is 7.11 Å². The van der Waals surface area contributed by atoms with Crippen LogP contribution in [0, 0.1) is 13.8 Å². The van der Waals surface area contributed by atoms with Gasteiger partial charge in [0.25, 0.3) is 0 Å². The smallest absolute Gasteiger partial charge is 0.246 e. The lowest BCUT2D eigenvalue weighted by atomic mass is 10.1. The van der Waals surface area contributed by atoms with Crippen LogP contribution in [0.25, 0.3) is 0 Å². The predicted molar refractivity (Wildman–Crippen MR) is 107 cm³/mol. The normalized spacial score (nSPS) is 14.4. The van der Waals surface area contributed by atoms with Gasteiger partial charge in [0.2, 0.25) is 5.91 Å². The minimum atomic E-state index is -0.207. The van der Waals surface area contributed by atoms with Crippen LogP contribution in [0.5, 0.6) is 5.75 Å². The molecule has 1 aromatic heterocycles. The van der Waals surface area contributed by atoms with Gasteiger partial charge in [-0.25, -0.2) is 9.97 Å². The second-order valence-corrected chi connectivity index (χ2v) is 6.65. The number of piperazine rings is 1. The highest BCUT2D eigenvalue weighted by Crippen LogP contribution is 2.19. The van der Waals surface area contributed by atoms with Crippen molar-refractivity contribution in [3.8, 4) is 5.75 Å². The lowest BCUT2D eigenvalue weighted by molar-refractivity contribution is -0.126. The highest BCUT2D eigenvalue weighted by Gasteiger charge is 2.22. The third-order valence-corrected chi connectivity index (χ3v) is 4.95. The van der Waals surface area contributed by atoms with Crippen LogP contribution in [0.3, 0.4) is 0 Å². The highest BCUT2D eigenvalue weighted by molar-refractivity contribution is 6.07. The van der Waals surface area contributed by atoms with E-state index in [9.17, 15) is 9.59 Å². The molecular formula is C21H24N4O3. The standard InChI is InChI=1S/C21H24N4O3/c1-15-16(2)22-14-23-21(15)25-12-10-24(11-13-25)20(27)9-8-19(26)17-4-6-18(28-3)7-5-17/h4-9,14H,10-13H2,1-3H3/b9-8+. The molecule has 1 fully saturated rings. The zero-order valence-electron chi connectivity index (χ0n) is 16.4. The minimum Gasteiger partial charge on any atom is -0.497 e. The fraction of sp³-hybridized carbons (Fsp3) is 0.333. The van der Waals surface area contributed by atoms with Gasteiger partial charge in [-0.15, -0.1) is 0 Å². The molecule has 2 heterocycles. The fourth-order valence-electron chi connectivity index (χ4n) is 3.09. The number of methoxy groups -OCH3 is 1. The number of benzene rings is 1. The molecule has 1 saturated heterocycles. The summed E-state index contributed by atoms with van der Waals surface area (Å²) >= 11 is 0. The summed E-state index contributed by atoms with van der Waals surface area (Å²) in [6, 6.07) is 6.81. The van der Waals surface area contributed by atoms with Crippen LogP contribution >= 0.6 is 0 Å². The number of ketones is 1. The average Bonchev–Trinajstić information content (AvgIpc) is 2.74. The Balaban J connectivity index is 1.56. The van der Waals surface area contributed by atoms with Crippen molar-refractivity contribution in [1.82, 2.24) is 14.9 Å². The van der Waals surface area contributed by atoms with Crippen LogP contribution in [0.1, 0.15) is 21.6 Å². The van der Waals surface area contributed by atoms with E-state index in [-0.39, 0.29) is 11.7 Å². The van der Waals surface area contributed by atoms with Gasteiger partial charge in [0, 0.05) is 49.1 Å². The quantitative estimate of drug-likeness (QED) is 0.585. The fourth-order valence-corrected chi connectivity index (χ4v) is 3.09. The van der Waals surface area contributed by atoms with Crippen molar-refractivity contribution in [1.29, 1.82) is 0 Å². The molecule has 1 aliphatic rings. The van der Waals surface area contributed by atoms with Crippen LogP contribution in [0.2, 0.25) is 0 Å². The third kappa shape index (κ3) is 4.36. The van der Waals surface area contributed by atoms with Gasteiger partial charge in [-0.2, -0.15) is 0 Å². The molecule has 0 spiro atoms. The Morgan fingerprint density at radius 1 is 1.00 bits per heavy atom. The topological polar surface area (TPSA) is 75.6 Å². The first-order chi connectivity index (χ1) is 13.5. The van der Waals surface area contributed by atoms with Crippen LogP contribution in [-0.4, -0.2) is 59.8 Å². The number of allylic oxidation sites excluding steroid dienone is 1. The zero-order valence-corrected chi connectivity index (χ0v) is 16.4. The Labute approximate surface area is 164 Å². The maximum Gasteiger partial charge on any atom is 0.246 e. The molecule has 0 unspecified atom stereocenters. The molecule has 0 radical (unpaired) electrons. The van der Waals surface area contributed by atoms with Crippen molar-refractivity contribution < 1.29 is 14.3 Å². The molecule has 1 aromatic carbocycles. The summed E-state index contributed by atoms with van der Waals surface area (Å²) in [4.78, 5) is 37.1. The second kappa shape index (κ2) is 8.65. The van der Waals surface area contributed by atoms with E-state index in [0.29, 0.717) is 37.5 Å². The molecule has 0 N–H and O–H groups in total. The van der Waals surface area contributed by atoms with E-state index in [1.54, 1.807) is 42.6 Å². The van der Waals surface area contributed by atoms with E-state index in [1.807, 2.05) is 13.8 Å². The molecule has 0 saturated carbocycles. The molecule has 7 nitrogen and oxygen atoms in total. The summed E-state index contributed by atoms with van der Waals surface area (Å²) in [5.41, 5.74) is 2.54. The van der Waals surface area contributed by atoms with Crippen molar-refractivity contribution in [2.75, 3.05) is 38.2 Å². The first-order valence-electron chi connectivity index (χ1n) is 9.18. The first kappa shape index (κ1) is 19.5. The molecule has 1 aliphatic heterocycles. The number of aryl methyl sites for hydroxylation is 1. The average molecular weight is 380 g/mol. The van der Waals surface area contributed by atoms with Crippen LogP contribution in [0.4, 0.5) is 5.82 Å².